The number of rotatable bonds is 9. The van der Waals surface area contributed by atoms with Crippen molar-refractivity contribution in [3.8, 4) is 0 Å². The van der Waals surface area contributed by atoms with Crippen LogP contribution in [-0.4, -0.2) is 123 Å². The standard InChI is InChI=1S/C37H49IN2O10/c1-7-39-16-34(17-50-32(43)20-13-19(38)8-9-23(20)40-26(41)12-18(2)31(40)42)11-10-25(47-4)36-22-14-21-24(46-3)15-35(44,27(22)28(21)48-5)37(45,33(36)39)30(49-6)29(34)36/h8-9,13,18,21-22,24-25,27-30,33,44-45H,7,10-12,14-17H2,1-6H3/t18-,21+,22+,24-,25-,27+,28-,29?,30?,33+,34-,35+,36-,37-/m0/s1/i38-2. The molecular weight excluding hydrogens is 757 g/mol. The number of ether oxygens (including phenoxy) is 5. The van der Waals surface area contributed by atoms with Crippen molar-refractivity contribution in [3.05, 3.63) is 27.3 Å². The van der Waals surface area contributed by atoms with E-state index in [1.165, 1.54) is 0 Å². The summed E-state index contributed by atoms with van der Waals surface area (Å²) in [5.74, 6) is -2.49. The van der Waals surface area contributed by atoms with Gasteiger partial charge in [0.2, 0.25) is 11.8 Å². The van der Waals surface area contributed by atoms with Gasteiger partial charge in [-0.3, -0.25) is 14.5 Å². The predicted molar refractivity (Wildman–Crippen MR) is 187 cm³/mol. The molecule has 2 aliphatic heterocycles. The summed E-state index contributed by atoms with van der Waals surface area (Å²) in [5.41, 5.74) is -4.18. The van der Waals surface area contributed by atoms with E-state index in [9.17, 15) is 24.6 Å². The summed E-state index contributed by atoms with van der Waals surface area (Å²) < 4.78 is 32.2. The first-order valence-corrected chi connectivity index (χ1v) is 19.1. The molecule has 2 unspecified atom stereocenters. The highest BCUT2D eigenvalue weighted by Gasteiger charge is 2.91. The molecule has 7 bridgehead atoms. The Morgan fingerprint density at radius 2 is 1.84 bits per heavy atom. The number of hydrogen-bond acceptors (Lipinski definition) is 11. The Bertz CT molecular complexity index is 1610. The predicted octanol–water partition coefficient (Wildman–Crippen LogP) is 2.64. The molecule has 8 rings (SSSR count). The van der Waals surface area contributed by atoms with E-state index in [0.717, 1.165) is 14.9 Å². The van der Waals surface area contributed by atoms with Crippen molar-refractivity contribution >= 4 is 46.1 Å². The number of methoxy groups -OCH3 is 4. The lowest BCUT2D eigenvalue weighted by molar-refractivity contribution is -0.320. The number of likely N-dealkylation sites (N-methyl/N-ethyl adjacent to an activating group) is 1. The number of fused-ring (bicyclic) bond motifs is 2. The molecule has 0 radical (unpaired) electrons. The van der Waals surface area contributed by atoms with Crippen molar-refractivity contribution in [2.75, 3.05) is 53.0 Å². The fourth-order valence-corrected chi connectivity index (χ4v) is 13.7. The van der Waals surface area contributed by atoms with Gasteiger partial charge in [0.05, 0.1) is 48.3 Å². The Morgan fingerprint density at radius 1 is 1.08 bits per heavy atom. The van der Waals surface area contributed by atoms with E-state index >= 15 is 0 Å². The van der Waals surface area contributed by atoms with E-state index in [-0.39, 0.29) is 84.5 Å². The van der Waals surface area contributed by atoms with E-state index in [1.807, 2.05) is 0 Å². The van der Waals surface area contributed by atoms with Crippen LogP contribution in [0.3, 0.4) is 0 Å². The molecule has 1 aromatic rings. The highest BCUT2D eigenvalue weighted by atomic mass is 125. The molecule has 12 nitrogen and oxygen atoms in total. The van der Waals surface area contributed by atoms with Gasteiger partial charge in [-0.25, -0.2) is 9.69 Å². The van der Waals surface area contributed by atoms with Crippen molar-refractivity contribution in [1.29, 1.82) is 0 Å². The van der Waals surface area contributed by atoms with E-state index in [1.54, 1.807) is 53.6 Å². The maximum Gasteiger partial charge on any atom is 0.340 e. The lowest BCUT2D eigenvalue weighted by Gasteiger charge is -2.70. The van der Waals surface area contributed by atoms with Gasteiger partial charge in [0.25, 0.3) is 0 Å². The third-order valence-electron chi connectivity index (χ3n) is 14.6. The van der Waals surface area contributed by atoms with E-state index in [0.29, 0.717) is 25.9 Å². The van der Waals surface area contributed by atoms with Crippen LogP contribution in [0.4, 0.5) is 5.69 Å². The molecule has 274 valence electrons. The Balaban J connectivity index is 1.24. The largest absolute Gasteiger partial charge is 0.461 e. The van der Waals surface area contributed by atoms with Gasteiger partial charge in [-0.05, 0) is 72.5 Å². The molecule has 14 atom stereocenters. The molecule has 7 aliphatic rings. The average molecular weight is 807 g/mol. The van der Waals surface area contributed by atoms with Crippen LogP contribution in [-0.2, 0) is 33.3 Å². The lowest BCUT2D eigenvalue weighted by atomic mass is 9.42. The van der Waals surface area contributed by atoms with Gasteiger partial charge in [0, 0.05) is 85.9 Å². The Morgan fingerprint density at radius 3 is 2.46 bits per heavy atom. The second kappa shape index (κ2) is 11.9. The van der Waals surface area contributed by atoms with Gasteiger partial charge in [-0.1, -0.05) is 13.8 Å². The number of imide groups is 1. The molecule has 1 spiro atoms. The quantitative estimate of drug-likeness (QED) is 0.216. The molecule has 2 amide bonds. The Labute approximate surface area is 306 Å². The van der Waals surface area contributed by atoms with Crippen LogP contribution >= 0.6 is 22.6 Å². The number of halogens is 1. The minimum Gasteiger partial charge on any atom is -0.461 e. The number of amides is 2. The fourth-order valence-electron chi connectivity index (χ4n) is 13.2. The average Bonchev–Trinajstić information content (AvgIpc) is 3.63. The second-order valence-corrected chi connectivity index (χ2v) is 17.3. The van der Waals surface area contributed by atoms with Crippen LogP contribution in [0, 0.1) is 44.0 Å². The van der Waals surface area contributed by atoms with Gasteiger partial charge < -0.3 is 33.9 Å². The van der Waals surface area contributed by atoms with Crippen molar-refractivity contribution in [3.63, 3.8) is 0 Å². The van der Waals surface area contributed by atoms with E-state index < -0.39 is 46.1 Å². The van der Waals surface area contributed by atoms with E-state index in [4.69, 9.17) is 23.7 Å². The molecule has 5 aliphatic carbocycles. The Kier molecular flexibility index (Phi) is 8.40. The third kappa shape index (κ3) is 4.09. The minimum atomic E-state index is -1.70. The number of benzene rings is 1. The molecule has 1 aromatic carbocycles. The highest BCUT2D eigenvalue weighted by Crippen LogP contribution is 2.80. The number of carbonyl (C=O) groups is 3. The maximum atomic E-state index is 14.2. The lowest BCUT2D eigenvalue weighted by Crippen LogP contribution is -2.82. The van der Waals surface area contributed by atoms with Gasteiger partial charge in [0.15, 0.2) is 0 Å². The summed E-state index contributed by atoms with van der Waals surface area (Å²) in [5, 5.41) is 26.6. The van der Waals surface area contributed by atoms with E-state index in [2.05, 4.69) is 34.4 Å². The summed E-state index contributed by atoms with van der Waals surface area (Å²) in [7, 11) is 6.71. The number of anilines is 1. The molecule has 13 heteroatoms. The summed E-state index contributed by atoms with van der Waals surface area (Å²) in [4.78, 5) is 43.6. The molecule has 2 heterocycles. The molecule has 50 heavy (non-hydrogen) atoms. The summed E-state index contributed by atoms with van der Waals surface area (Å²) in [6.45, 7) is 4.95. The SMILES string of the molecule is CCN1C[C@]2(COC(=O)c3cc([125I])ccc3N3C(=O)C[C@H](C)C3=O)CC[C@H](OC)[C@@]34C2C(OC)[C@](O)([C@H]13)[C@@]1(O)C[C@H](OC)[C@H]2C[C@@H]4[C@@H]1[C@H]2OC. The highest BCUT2D eigenvalue weighted by molar-refractivity contribution is 14.1. The van der Waals surface area contributed by atoms with Crippen LogP contribution in [0.2, 0.25) is 0 Å². The van der Waals surface area contributed by atoms with Gasteiger partial charge in [-0.2, -0.15) is 0 Å². The van der Waals surface area contributed by atoms with Crippen molar-refractivity contribution < 1.29 is 48.3 Å². The molecule has 7 fully saturated rings. The first kappa shape index (κ1) is 35.3. The number of aliphatic hydroxyl groups is 2. The zero-order valence-corrected chi connectivity index (χ0v) is 31.8. The maximum absolute atomic E-state index is 14.2. The van der Waals surface area contributed by atoms with Gasteiger partial charge >= 0.3 is 5.97 Å². The zero-order chi connectivity index (χ0) is 35.7. The number of likely N-dealkylation sites (tertiary alicyclic amines) is 1. The number of carbonyl (C=O) groups excluding carboxylic acids is 3. The first-order chi connectivity index (χ1) is 23.8. The Hall–Kier alpha value is -1.72. The topological polar surface area (TPSA) is 144 Å². The number of piperidine rings is 1. The zero-order valence-electron chi connectivity index (χ0n) is 29.6. The van der Waals surface area contributed by atoms with Crippen LogP contribution < -0.4 is 4.90 Å². The van der Waals surface area contributed by atoms with Crippen LogP contribution in [0.15, 0.2) is 18.2 Å². The normalized spacial score (nSPS) is 47.3. The third-order valence-corrected chi connectivity index (χ3v) is 15.3. The van der Waals surface area contributed by atoms with Crippen LogP contribution in [0.1, 0.15) is 56.3 Å². The molecule has 0 aromatic heterocycles. The summed E-state index contributed by atoms with van der Waals surface area (Å²) in [6, 6.07) is 4.59. The van der Waals surface area contributed by atoms with Crippen molar-refractivity contribution in [1.82, 2.24) is 4.90 Å². The molecule has 2 saturated heterocycles. The van der Waals surface area contributed by atoms with Crippen LogP contribution in [0.5, 0.6) is 0 Å². The molecule has 5 saturated carbocycles. The van der Waals surface area contributed by atoms with Crippen LogP contribution in [0.25, 0.3) is 0 Å². The number of nitrogens with zero attached hydrogens (tertiary/aromatic N) is 2. The molecular formula is C37H49IN2O10. The summed E-state index contributed by atoms with van der Waals surface area (Å²) >= 11 is 2.11. The fraction of sp³-hybridized carbons (Fsp3) is 0.757. The summed E-state index contributed by atoms with van der Waals surface area (Å²) in [6.07, 6.45) is 0.792. The monoisotopic (exact) mass is 806 g/mol. The smallest absolute Gasteiger partial charge is 0.340 e. The van der Waals surface area contributed by atoms with Gasteiger partial charge in [-0.15, -0.1) is 0 Å². The number of hydrogen-bond donors (Lipinski definition) is 2. The second-order valence-electron chi connectivity index (χ2n) is 16.1. The van der Waals surface area contributed by atoms with Crippen molar-refractivity contribution in [2.45, 2.75) is 87.6 Å². The number of esters is 1. The first-order valence-electron chi connectivity index (χ1n) is 18.0. The van der Waals surface area contributed by atoms with Crippen molar-refractivity contribution in [2.24, 2.45) is 40.4 Å². The molecule has 2 N–H and O–H groups in total. The minimum absolute atomic E-state index is 0.0324. The van der Waals surface area contributed by atoms with Gasteiger partial charge in [0.1, 0.15) is 11.2 Å².